The Morgan fingerprint density at radius 1 is 1.38 bits per heavy atom. The van der Waals surface area contributed by atoms with E-state index in [-0.39, 0.29) is 18.2 Å². The average Bonchev–Trinajstić information content (AvgIpc) is 1.83. The second-order valence-corrected chi connectivity index (χ2v) is 2.05. The van der Waals surface area contributed by atoms with Crippen LogP contribution in [-0.2, 0) is 19.1 Å². The SMILES string of the molecule is C=COC(C)=O.CC(=O)CC(=O)O. The molecule has 0 saturated carbocycles. The van der Waals surface area contributed by atoms with Gasteiger partial charge in [-0.1, -0.05) is 6.58 Å². The number of carboxylic acids is 1. The van der Waals surface area contributed by atoms with Gasteiger partial charge in [-0.25, -0.2) is 0 Å². The van der Waals surface area contributed by atoms with Crippen LogP contribution < -0.4 is 0 Å². The monoisotopic (exact) mass is 188 g/mol. The minimum Gasteiger partial charge on any atom is -0.481 e. The van der Waals surface area contributed by atoms with Crippen LogP contribution in [0.25, 0.3) is 0 Å². The van der Waals surface area contributed by atoms with Gasteiger partial charge >= 0.3 is 11.9 Å². The Morgan fingerprint density at radius 2 is 1.85 bits per heavy atom. The van der Waals surface area contributed by atoms with Crippen molar-refractivity contribution >= 4 is 17.7 Å². The molecule has 13 heavy (non-hydrogen) atoms. The summed E-state index contributed by atoms with van der Waals surface area (Å²) in [4.78, 5) is 29.2. The van der Waals surface area contributed by atoms with Gasteiger partial charge in [-0.2, -0.15) is 0 Å². The molecule has 0 heterocycles. The zero-order valence-corrected chi connectivity index (χ0v) is 7.57. The first-order valence-corrected chi connectivity index (χ1v) is 3.39. The Kier molecular flexibility index (Phi) is 9.04. The highest BCUT2D eigenvalue weighted by Gasteiger charge is 1.98. The number of carboxylic acid groups (broad SMARTS) is 1. The molecule has 0 bridgehead atoms. The smallest absolute Gasteiger partial charge is 0.310 e. The molecule has 0 aromatic carbocycles. The van der Waals surface area contributed by atoms with Crippen molar-refractivity contribution in [2.75, 3.05) is 0 Å². The largest absolute Gasteiger partial charge is 0.481 e. The summed E-state index contributed by atoms with van der Waals surface area (Å²) in [6.45, 7) is 5.72. The van der Waals surface area contributed by atoms with Gasteiger partial charge in [0, 0.05) is 6.92 Å². The topological polar surface area (TPSA) is 80.7 Å². The van der Waals surface area contributed by atoms with Crippen molar-refractivity contribution in [1.82, 2.24) is 0 Å². The summed E-state index contributed by atoms with van der Waals surface area (Å²) in [6.07, 6.45) is 0.738. The number of carbonyl (C=O) groups is 3. The Labute approximate surface area is 76.0 Å². The van der Waals surface area contributed by atoms with Gasteiger partial charge in [0.25, 0.3) is 0 Å². The van der Waals surface area contributed by atoms with Crippen molar-refractivity contribution in [3.63, 3.8) is 0 Å². The summed E-state index contributed by atoms with van der Waals surface area (Å²) in [5.74, 6) is -1.70. The summed E-state index contributed by atoms with van der Waals surface area (Å²) in [7, 11) is 0. The maximum atomic E-state index is 9.87. The van der Waals surface area contributed by atoms with Crippen molar-refractivity contribution in [3.05, 3.63) is 12.8 Å². The number of Topliss-reactive ketones (excluding diaryl/α,β-unsaturated/α-hetero) is 1. The lowest BCUT2D eigenvalue weighted by Crippen LogP contribution is -2.00. The molecule has 74 valence electrons. The lowest BCUT2D eigenvalue weighted by atomic mass is 10.3. The van der Waals surface area contributed by atoms with Crippen LogP contribution >= 0.6 is 0 Å². The number of esters is 1. The summed E-state index contributed by atoms with van der Waals surface area (Å²) in [6, 6.07) is 0. The second-order valence-electron chi connectivity index (χ2n) is 2.05. The molecule has 1 N–H and O–H groups in total. The number of carbonyl (C=O) groups excluding carboxylic acids is 2. The normalized spacial score (nSPS) is 7.54. The Bertz CT molecular complexity index is 195. The summed E-state index contributed by atoms with van der Waals surface area (Å²) >= 11 is 0. The minimum atomic E-state index is -1.06. The summed E-state index contributed by atoms with van der Waals surface area (Å²) < 4.78 is 4.17. The molecule has 0 unspecified atom stereocenters. The number of ether oxygens (including phenoxy) is 1. The van der Waals surface area contributed by atoms with Crippen LogP contribution in [0.2, 0.25) is 0 Å². The van der Waals surface area contributed by atoms with E-state index < -0.39 is 5.97 Å². The first-order valence-electron chi connectivity index (χ1n) is 3.39. The van der Waals surface area contributed by atoms with Crippen molar-refractivity contribution in [3.8, 4) is 0 Å². The van der Waals surface area contributed by atoms with Crippen LogP contribution in [0.15, 0.2) is 12.8 Å². The molecule has 5 heteroatoms. The number of ketones is 1. The zero-order chi connectivity index (χ0) is 10.9. The van der Waals surface area contributed by atoms with Gasteiger partial charge in [0.05, 0.1) is 6.26 Å². The third-order valence-electron chi connectivity index (χ3n) is 0.649. The van der Waals surface area contributed by atoms with Gasteiger partial charge in [-0.15, -0.1) is 0 Å². The van der Waals surface area contributed by atoms with Crippen LogP contribution in [-0.4, -0.2) is 22.8 Å². The van der Waals surface area contributed by atoms with E-state index in [1.165, 1.54) is 13.8 Å². The molecular weight excluding hydrogens is 176 g/mol. The van der Waals surface area contributed by atoms with Gasteiger partial charge in [-0.3, -0.25) is 14.4 Å². The van der Waals surface area contributed by atoms with E-state index in [0.29, 0.717) is 0 Å². The van der Waals surface area contributed by atoms with E-state index in [0.717, 1.165) is 6.26 Å². The van der Waals surface area contributed by atoms with E-state index >= 15 is 0 Å². The van der Waals surface area contributed by atoms with E-state index in [4.69, 9.17) is 5.11 Å². The van der Waals surface area contributed by atoms with Gasteiger partial charge < -0.3 is 9.84 Å². The molecule has 0 fully saturated rings. The minimum absolute atomic E-state index is 0.312. The summed E-state index contributed by atoms with van der Waals surface area (Å²) in [5, 5.41) is 7.86. The first kappa shape index (κ1) is 13.9. The molecule has 0 aliphatic heterocycles. The molecule has 5 nitrogen and oxygen atoms in total. The van der Waals surface area contributed by atoms with Gasteiger partial charge in [-0.05, 0) is 6.92 Å². The fourth-order valence-electron chi connectivity index (χ4n) is 0.330. The molecular formula is C8H12O5. The second kappa shape index (κ2) is 8.45. The third kappa shape index (κ3) is 25.2. The molecule has 0 aromatic heterocycles. The Morgan fingerprint density at radius 3 is 1.85 bits per heavy atom. The van der Waals surface area contributed by atoms with Crippen LogP contribution in [0.3, 0.4) is 0 Å². The van der Waals surface area contributed by atoms with Crippen molar-refractivity contribution in [2.24, 2.45) is 0 Å². The predicted octanol–water partition coefficient (Wildman–Crippen LogP) is 0.743. The highest BCUT2D eigenvalue weighted by Crippen LogP contribution is 1.77. The molecule has 0 amide bonds. The number of rotatable bonds is 3. The van der Waals surface area contributed by atoms with Crippen molar-refractivity contribution in [1.29, 1.82) is 0 Å². The third-order valence-corrected chi connectivity index (χ3v) is 0.649. The van der Waals surface area contributed by atoms with Gasteiger partial charge in [0.1, 0.15) is 12.2 Å². The zero-order valence-electron chi connectivity index (χ0n) is 7.57. The average molecular weight is 188 g/mol. The van der Waals surface area contributed by atoms with Crippen LogP contribution in [0.5, 0.6) is 0 Å². The van der Waals surface area contributed by atoms with Crippen LogP contribution in [0.1, 0.15) is 20.3 Å². The number of aliphatic carboxylic acids is 1. The van der Waals surface area contributed by atoms with E-state index in [1.807, 2.05) is 0 Å². The van der Waals surface area contributed by atoms with Crippen molar-refractivity contribution in [2.45, 2.75) is 20.3 Å². The summed E-state index contributed by atoms with van der Waals surface area (Å²) in [5.41, 5.74) is 0. The van der Waals surface area contributed by atoms with Gasteiger partial charge in [0.2, 0.25) is 0 Å². The highest BCUT2D eigenvalue weighted by molar-refractivity contribution is 5.93. The Balaban J connectivity index is 0. The number of hydrogen-bond acceptors (Lipinski definition) is 4. The molecule has 0 radical (unpaired) electrons. The lowest BCUT2D eigenvalue weighted by Gasteiger charge is -1.83. The lowest BCUT2D eigenvalue weighted by molar-refractivity contribution is -0.140. The fourth-order valence-corrected chi connectivity index (χ4v) is 0.330. The first-order chi connectivity index (χ1) is 5.90. The maximum absolute atomic E-state index is 9.87. The van der Waals surface area contributed by atoms with Crippen LogP contribution in [0, 0.1) is 0 Å². The predicted molar refractivity (Wildman–Crippen MR) is 44.9 cm³/mol. The Hall–Kier alpha value is -1.65. The molecule has 0 aromatic rings. The molecule has 0 spiro atoms. The number of hydrogen-bond donors (Lipinski definition) is 1. The van der Waals surface area contributed by atoms with Crippen LogP contribution in [0.4, 0.5) is 0 Å². The van der Waals surface area contributed by atoms with E-state index in [9.17, 15) is 14.4 Å². The highest BCUT2D eigenvalue weighted by atomic mass is 16.5. The molecule has 0 aliphatic rings. The van der Waals surface area contributed by atoms with Crippen molar-refractivity contribution < 1.29 is 24.2 Å². The van der Waals surface area contributed by atoms with E-state index in [2.05, 4.69) is 11.3 Å². The molecule has 0 rings (SSSR count). The molecule has 0 saturated heterocycles. The van der Waals surface area contributed by atoms with Gasteiger partial charge in [0.15, 0.2) is 0 Å². The molecule has 0 atom stereocenters. The maximum Gasteiger partial charge on any atom is 0.310 e. The fraction of sp³-hybridized carbons (Fsp3) is 0.375. The van der Waals surface area contributed by atoms with E-state index in [1.54, 1.807) is 0 Å². The standard InChI is InChI=1S/C4H6O3.C4H6O2/c1-3(5)2-4(6)7;1-3-6-4(2)5/h2H2,1H3,(H,6,7);3H,1H2,2H3. The quantitative estimate of drug-likeness (QED) is 0.401. The molecule has 0 aliphatic carbocycles.